The van der Waals surface area contributed by atoms with Crippen molar-refractivity contribution in [3.63, 3.8) is 0 Å². The second kappa shape index (κ2) is 7.70. The number of rotatable bonds is 5. The molecule has 122 valence electrons. The monoisotopic (exact) mass is 314 g/mol. The fraction of sp³-hybridized carbons (Fsp3) is 0.933. The van der Waals surface area contributed by atoms with Crippen LogP contribution in [0, 0.1) is 0 Å². The van der Waals surface area contributed by atoms with E-state index in [1.807, 2.05) is 0 Å². The molecular weight excluding hydrogens is 284 g/mol. The smallest absolute Gasteiger partial charge is 0.155 e. The van der Waals surface area contributed by atoms with Crippen LogP contribution in [0.5, 0.6) is 0 Å². The van der Waals surface area contributed by atoms with Gasteiger partial charge in [-0.15, -0.1) is 0 Å². The van der Waals surface area contributed by atoms with Gasteiger partial charge in [0.15, 0.2) is 5.84 Å². The molecule has 5 nitrogen and oxygen atoms in total. The quantitative estimate of drug-likeness (QED) is 0.351. The van der Waals surface area contributed by atoms with E-state index in [0.717, 1.165) is 32.0 Å². The van der Waals surface area contributed by atoms with Crippen LogP contribution < -0.4 is 5.73 Å². The predicted molar refractivity (Wildman–Crippen MR) is 90.2 cm³/mol. The lowest BCUT2D eigenvalue weighted by molar-refractivity contribution is 0.143. The molecule has 21 heavy (non-hydrogen) atoms. The molecule has 6 heteroatoms. The summed E-state index contributed by atoms with van der Waals surface area (Å²) in [6.45, 7) is 4.53. The van der Waals surface area contributed by atoms with Gasteiger partial charge < -0.3 is 20.7 Å². The van der Waals surface area contributed by atoms with Crippen LogP contribution in [0.2, 0.25) is 0 Å². The lowest BCUT2D eigenvalue weighted by Crippen LogP contribution is -2.50. The average Bonchev–Trinajstić information content (AvgIpc) is 2.54. The van der Waals surface area contributed by atoms with Crippen LogP contribution in [-0.2, 0) is 0 Å². The molecule has 0 aromatic heterocycles. The molecule has 1 atom stereocenters. The van der Waals surface area contributed by atoms with Crippen LogP contribution in [0.25, 0.3) is 0 Å². The zero-order valence-electron chi connectivity index (χ0n) is 13.4. The summed E-state index contributed by atoms with van der Waals surface area (Å²) in [5, 5.41) is 12.2. The van der Waals surface area contributed by atoms with Crippen LogP contribution in [-0.4, -0.2) is 71.1 Å². The van der Waals surface area contributed by atoms with Gasteiger partial charge in [-0.3, -0.25) is 0 Å². The van der Waals surface area contributed by atoms with Gasteiger partial charge in [0.1, 0.15) is 0 Å². The van der Waals surface area contributed by atoms with Crippen LogP contribution in [0.15, 0.2) is 5.16 Å². The molecule has 0 spiro atoms. The van der Waals surface area contributed by atoms with Crippen molar-refractivity contribution < 1.29 is 5.21 Å². The number of amidine groups is 1. The molecular formula is C15H30N4OS. The van der Waals surface area contributed by atoms with Crippen molar-refractivity contribution in [2.24, 2.45) is 10.9 Å². The number of oxime groups is 1. The summed E-state index contributed by atoms with van der Waals surface area (Å²) < 4.78 is -0.160. The SMILES string of the molecule is CSC1(C(N)=NO)CCN(CCC2CCCCN2C)CC1. The predicted octanol–water partition coefficient (Wildman–Crippen LogP) is 1.80. The first kappa shape index (κ1) is 16.9. The van der Waals surface area contributed by atoms with E-state index in [2.05, 4.69) is 28.3 Å². The minimum atomic E-state index is -0.160. The standard InChI is InChI=1S/C15H30N4OS/c1-18-9-4-3-5-13(18)6-10-19-11-7-15(21-2,8-12-19)14(16)17-20/h13,20H,3-12H2,1-2H3,(H2,16,17). The fourth-order valence-corrected chi connectivity index (χ4v) is 4.48. The lowest BCUT2D eigenvalue weighted by atomic mass is 9.93. The Morgan fingerprint density at radius 1 is 1.33 bits per heavy atom. The van der Waals surface area contributed by atoms with E-state index in [-0.39, 0.29) is 4.75 Å². The molecule has 2 fully saturated rings. The van der Waals surface area contributed by atoms with Crippen LogP contribution in [0.4, 0.5) is 0 Å². The number of hydrogen-bond acceptors (Lipinski definition) is 5. The Kier molecular flexibility index (Phi) is 6.20. The summed E-state index contributed by atoms with van der Waals surface area (Å²) in [5.74, 6) is 0.390. The van der Waals surface area contributed by atoms with Crippen LogP contribution in [0.3, 0.4) is 0 Å². The summed E-state index contributed by atoms with van der Waals surface area (Å²) >= 11 is 1.72. The van der Waals surface area contributed by atoms with Gasteiger partial charge in [0.05, 0.1) is 4.75 Å². The molecule has 2 aliphatic heterocycles. The van der Waals surface area contributed by atoms with Gasteiger partial charge in [0.25, 0.3) is 0 Å². The maximum Gasteiger partial charge on any atom is 0.155 e. The minimum Gasteiger partial charge on any atom is -0.409 e. The van der Waals surface area contributed by atoms with Gasteiger partial charge in [0.2, 0.25) is 0 Å². The Hall–Kier alpha value is -0.460. The summed E-state index contributed by atoms with van der Waals surface area (Å²) in [6.07, 6.45) is 9.37. The van der Waals surface area contributed by atoms with E-state index < -0.39 is 0 Å². The number of nitrogens with zero attached hydrogens (tertiary/aromatic N) is 3. The van der Waals surface area contributed by atoms with Crippen molar-refractivity contribution in [2.45, 2.75) is 49.3 Å². The van der Waals surface area contributed by atoms with E-state index in [1.165, 1.54) is 38.8 Å². The number of nitrogens with two attached hydrogens (primary N) is 1. The normalized spacial score (nSPS) is 28.7. The maximum absolute atomic E-state index is 8.98. The second-order valence-electron chi connectivity index (χ2n) is 6.44. The highest BCUT2D eigenvalue weighted by Crippen LogP contribution is 2.35. The first-order chi connectivity index (χ1) is 10.1. The van der Waals surface area contributed by atoms with Gasteiger partial charge in [-0.1, -0.05) is 11.6 Å². The minimum absolute atomic E-state index is 0.160. The molecule has 0 saturated carbocycles. The molecule has 0 radical (unpaired) electrons. The number of thioether (sulfide) groups is 1. The number of piperidine rings is 2. The second-order valence-corrected chi connectivity index (χ2v) is 7.63. The van der Waals surface area contributed by atoms with E-state index in [4.69, 9.17) is 10.9 Å². The van der Waals surface area contributed by atoms with Gasteiger partial charge >= 0.3 is 0 Å². The maximum atomic E-state index is 8.98. The Morgan fingerprint density at radius 3 is 2.62 bits per heavy atom. The third kappa shape index (κ3) is 4.05. The first-order valence-corrected chi connectivity index (χ1v) is 9.29. The van der Waals surface area contributed by atoms with Crippen molar-refractivity contribution in [3.05, 3.63) is 0 Å². The van der Waals surface area contributed by atoms with E-state index in [1.54, 1.807) is 11.8 Å². The van der Waals surface area contributed by atoms with Gasteiger partial charge in [-0.25, -0.2) is 0 Å². The Labute approximate surface area is 132 Å². The van der Waals surface area contributed by atoms with E-state index in [0.29, 0.717) is 5.84 Å². The molecule has 2 heterocycles. The third-order valence-electron chi connectivity index (χ3n) is 5.33. The van der Waals surface area contributed by atoms with E-state index >= 15 is 0 Å². The van der Waals surface area contributed by atoms with Crippen molar-refractivity contribution >= 4 is 17.6 Å². The third-order valence-corrected chi connectivity index (χ3v) is 6.73. The largest absolute Gasteiger partial charge is 0.409 e. The zero-order chi connectivity index (χ0) is 15.3. The molecule has 0 bridgehead atoms. The molecule has 2 rings (SSSR count). The number of hydrogen-bond donors (Lipinski definition) is 2. The molecule has 2 aliphatic rings. The van der Waals surface area contributed by atoms with Crippen molar-refractivity contribution in [3.8, 4) is 0 Å². The lowest BCUT2D eigenvalue weighted by Gasteiger charge is -2.41. The Balaban J connectivity index is 1.78. The molecule has 0 amide bonds. The molecule has 0 aliphatic carbocycles. The summed E-state index contributed by atoms with van der Waals surface area (Å²) in [4.78, 5) is 5.07. The molecule has 2 saturated heterocycles. The number of likely N-dealkylation sites (tertiary alicyclic amines) is 2. The fourth-order valence-electron chi connectivity index (χ4n) is 3.63. The molecule has 3 N–H and O–H groups in total. The van der Waals surface area contributed by atoms with Gasteiger partial charge in [-0.2, -0.15) is 11.8 Å². The Bertz CT molecular complexity index is 356. The highest BCUT2D eigenvalue weighted by atomic mass is 32.2. The van der Waals surface area contributed by atoms with Crippen LogP contribution >= 0.6 is 11.8 Å². The van der Waals surface area contributed by atoms with Crippen molar-refractivity contribution in [2.75, 3.05) is 39.5 Å². The molecule has 0 aromatic carbocycles. The van der Waals surface area contributed by atoms with Crippen LogP contribution in [0.1, 0.15) is 38.5 Å². The zero-order valence-corrected chi connectivity index (χ0v) is 14.2. The van der Waals surface area contributed by atoms with Crippen molar-refractivity contribution in [1.82, 2.24) is 9.80 Å². The highest BCUT2D eigenvalue weighted by molar-refractivity contribution is 8.00. The average molecular weight is 314 g/mol. The molecule has 1 unspecified atom stereocenters. The van der Waals surface area contributed by atoms with Gasteiger partial charge in [-0.05, 0) is 71.6 Å². The highest BCUT2D eigenvalue weighted by Gasteiger charge is 2.38. The van der Waals surface area contributed by atoms with E-state index in [9.17, 15) is 0 Å². The first-order valence-electron chi connectivity index (χ1n) is 8.07. The van der Waals surface area contributed by atoms with Crippen molar-refractivity contribution in [1.29, 1.82) is 0 Å². The molecule has 0 aromatic rings. The summed E-state index contributed by atoms with van der Waals surface area (Å²) in [5.41, 5.74) is 5.90. The topological polar surface area (TPSA) is 65.1 Å². The summed E-state index contributed by atoms with van der Waals surface area (Å²) in [7, 11) is 2.26. The van der Waals surface area contributed by atoms with Gasteiger partial charge in [0, 0.05) is 6.04 Å². The Morgan fingerprint density at radius 2 is 2.05 bits per heavy atom. The summed E-state index contributed by atoms with van der Waals surface area (Å²) in [6, 6.07) is 0.759.